The average molecular weight is 277 g/mol. The van der Waals surface area contributed by atoms with Gasteiger partial charge >= 0.3 is 6.03 Å². The lowest BCUT2D eigenvalue weighted by atomic mass is 10.1. The second-order valence-corrected chi connectivity index (χ2v) is 4.84. The van der Waals surface area contributed by atoms with E-state index in [1.54, 1.807) is 13.0 Å². The summed E-state index contributed by atoms with van der Waals surface area (Å²) in [5.41, 5.74) is 2.32. The molecule has 0 fully saturated rings. The summed E-state index contributed by atoms with van der Waals surface area (Å²) in [7, 11) is 0. The first-order valence-corrected chi connectivity index (χ1v) is 6.94. The van der Waals surface area contributed by atoms with Crippen LogP contribution in [0.2, 0.25) is 0 Å². The summed E-state index contributed by atoms with van der Waals surface area (Å²) in [6.07, 6.45) is 1.30. The number of nitrogens with one attached hydrogen (secondary N) is 3. The van der Waals surface area contributed by atoms with Gasteiger partial charge < -0.3 is 16.0 Å². The zero-order chi connectivity index (χ0) is 15.1. The molecule has 0 saturated heterocycles. The first-order chi connectivity index (χ1) is 9.46. The van der Waals surface area contributed by atoms with Crippen molar-refractivity contribution in [1.29, 1.82) is 0 Å². The third-order valence-corrected chi connectivity index (χ3v) is 3.08. The van der Waals surface area contributed by atoms with E-state index in [0.717, 1.165) is 12.0 Å². The van der Waals surface area contributed by atoms with Crippen LogP contribution < -0.4 is 16.0 Å². The molecule has 0 aromatic heterocycles. The van der Waals surface area contributed by atoms with Crippen LogP contribution in [0, 0.1) is 6.92 Å². The van der Waals surface area contributed by atoms with Crippen LogP contribution in [0.5, 0.6) is 0 Å². The van der Waals surface area contributed by atoms with Gasteiger partial charge in [-0.1, -0.05) is 19.9 Å². The van der Waals surface area contributed by atoms with E-state index in [9.17, 15) is 9.59 Å². The molecule has 1 rings (SSSR count). The predicted molar refractivity (Wildman–Crippen MR) is 82.0 cm³/mol. The lowest BCUT2D eigenvalue weighted by molar-refractivity contribution is -0.115. The summed E-state index contributed by atoms with van der Waals surface area (Å²) in [4.78, 5) is 23.2. The zero-order valence-corrected chi connectivity index (χ0v) is 12.5. The van der Waals surface area contributed by atoms with Gasteiger partial charge in [-0.15, -0.1) is 0 Å². The van der Waals surface area contributed by atoms with Crippen molar-refractivity contribution in [3.8, 4) is 0 Å². The van der Waals surface area contributed by atoms with Crippen LogP contribution in [0.4, 0.5) is 16.2 Å². The highest BCUT2D eigenvalue weighted by Gasteiger charge is 2.08. The molecule has 1 atom stereocenters. The average Bonchev–Trinajstić information content (AvgIpc) is 2.42. The minimum atomic E-state index is -0.235. The molecule has 5 heteroatoms. The number of carbonyl (C=O) groups excluding carboxylic acids is 2. The van der Waals surface area contributed by atoms with E-state index in [4.69, 9.17) is 0 Å². The highest BCUT2D eigenvalue weighted by atomic mass is 16.2. The van der Waals surface area contributed by atoms with Gasteiger partial charge in [0.25, 0.3) is 0 Å². The number of rotatable bonds is 5. The molecule has 3 N–H and O–H groups in total. The number of benzene rings is 1. The van der Waals surface area contributed by atoms with Gasteiger partial charge in [0, 0.05) is 23.8 Å². The molecule has 110 valence electrons. The zero-order valence-electron chi connectivity index (χ0n) is 12.5. The van der Waals surface area contributed by atoms with Crippen molar-refractivity contribution >= 4 is 23.3 Å². The molecule has 0 radical (unpaired) electrons. The van der Waals surface area contributed by atoms with E-state index in [1.165, 1.54) is 0 Å². The monoisotopic (exact) mass is 277 g/mol. The van der Waals surface area contributed by atoms with Crippen LogP contribution in [-0.4, -0.2) is 18.0 Å². The maximum atomic E-state index is 11.8. The summed E-state index contributed by atoms with van der Waals surface area (Å²) in [5, 5.41) is 8.42. The van der Waals surface area contributed by atoms with Crippen LogP contribution in [0.3, 0.4) is 0 Å². The van der Waals surface area contributed by atoms with Crippen LogP contribution in [0.1, 0.15) is 39.2 Å². The standard InChI is InChI=1S/C15H23N3O2/c1-5-11(4)16-15(20)18-13-9-12(8-7-10(13)3)17-14(19)6-2/h7-9,11H,5-6H2,1-4H3,(H,17,19)(H2,16,18,20)/t11-/m0/s1. The first kappa shape index (κ1) is 16.0. The molecule has 0 spiro atoms. The van der Waals surface area contributed by atoms with Gasteiger partial charge in [-0.25, -0.2) is 4.79 Å². The predicted octanol–water partition coefficient (Wildman–Crippen LogP) is 3.26. The molecule has 0 aliphatic carbocycles. The molecule has 0 saturated carbocycles. The minimum absolute atomic E-state index is 0.0520. The van der Waals surface area contributed by atoms with E-state index in [2.05, 4.69) is 16.0 Å². The van der Waals surface area contributed by atoms with Crippen molar-refractivity contribution in [3.63, 3.8) is 0 Å². The second kappa shape index (κ2) is 7.53. The van der Waals surface area contributed by atoms with Crippen molar-refractivity contribution in [2.75, 3.05) is 10.6 Å². The molecule has 3 amide bonds. The number of hydrogen-bond acceptors (Lipinski definition) is 2. The van der Waals surface area contributed by atoms with Crippen LogP contribution in [0.25, 0.3) is 0 Å². The van der Waals surface area contributed by atoms with E-state index in [0.29, 0.717) is 17.8 Å². The summed E-state index contributed by atoms with van der Waals surface area (Å²) in [5.74, 6) is -0.0520. The van der Waals surface area contributed by atoms with E-state index >= 15 is 0 Å². The van der Waals surface area contributed by atoms with E-state index in [1.807, 2.05) is 32.9 Å². The summed E-state index contributed by atoms with van der Waals surface area (Å²) in [6.45, 7) is 7.66. The van der Waals surface area contributed by atoms with E-state index in [-0.39, 0.29) is 18.0 Å². The maximum absolute atomic E-state index is 11.8. The Hall–Kier alpha value is -2.04. The van der Waals surface area contributed by atoms with Crippen LogP contribution in [-0.2, 0) is 4.79 Å². The summed E-state index contributed by atoms with van der Waals surface area (Å²) < 4.78 is 0. The fourth-order valence-corrected chi connectivity index (χ4v) is 1.57. The van der Waals surface area contributed by atoms with Crippen molar-refractivity contribution in [2.24, 2.45) is 0 Å². The summed E-state index contributed by atoms with van der Waals surface area (Å²) >= 11 is 0. The van der Waals surface area contributed by atoms with Gasteiger partial charge in [0.15, 0.2) is 0 Å². The molecule has 1 aromatic carbocycles. The second-order valence-electron chi connectivity index (χ2n) is 4.84. The topological polar surface area (TPSA) is 70.2 Å². The van der Waals surface area contributed by atoms with Crippen molar-refractivity contribution in [3.05, 3.63) is 23.8 Å². The normalized spacial score (nSPS) is 11.6. The molecule has 0 heterocycles. The van der Waals surface area contributed by atoms with Crippen molar-refractivity contribution < 1.29 is 9.59 Å². The SMILES string of the molecule is CCC(=O)Nc1ccc(C)c(NC(=O)N[C@@H](C)CC)c1. The Labute approximate surface area is 120 Å². The van der Waals surface area contributed by atoms with Gasteiger partial charge in [-0.3, -0.25) is 4.79 Å². The molecule has 0 aliphatic rings. The van der Waals surface area contributed by atoms with Gasteiger partial charge in [-0.05, 0) is 38.0 Å². The lowest BCUT2D eigenvalue weighted by Gasteiger charge is -2.15. The fourth-order valence-electron chi connectivity index (χ4n) is 1.57. The van der Waals surface area contributed by atoms with Gasteiger partial charge in [0.2, 0.25) is 5.91 Å². The highest BCUT2D eigenvalue weighted by molar-refractivity contribution is 5.94. The smallest absolute Gasteiger partial charge is 0.319 e. The lowest BCUT2D eigenvalue weighted by Crippen LogP contribution is -2.35. The number of amides is 3. The van der Waals surface area contributed by atoms with Gasteiger partial charge in [0.05, 0.1) is 0 Å². The van der Waals surface area contributed by atoms with Crippen molar-refractivity contribution in [1.82, 2.24) is 5.32 Å². The molecule has 5 nitrogen and oxygen atoms in total. The Bertz CT molecular complexity index is 486. The molecule has 0 bridgehead atoms. The third-order valence-electron chi connectivity index (χ3n) is 3.08. The van der Waals surface area contributed by atoms with Crippen molar-refractivity contribution in [2.45, 2.75) is 46.6 Å². The third kappa shape index (κ3) is 4.91. The maximum Gasteiger partial charge on any atom is 0.319 e. The quantitative estimate of drug-likeness (QED) is 0.773. The molecular weight excluding hydrogens is 254 g/mol. The molecule has 20 heavy (non-hydrogen) atoms. The fraction of sp³-hybridized carbons (Fsp3) is 0.467. The molecular formula is C15H23N3O2. The Morgan fingerprint density at radius 1 is 1.20 bits per heavy atom. The van der Waals surface area contributed by atoms with E-state index < -0.39 is 0 Å². The number of urea groups is 1. The Morgan fingerprint density at radius 2 is 1.90 bits per heavy atom. The Kier molecular flexibility index (Phi) is 6.03. The Balaban J connectivity index is 2.76. The van der Waals surface area contributed by atoms with Crippen LogP contribution >= 0.6 is 0 Å². The number of carbonyl (C=O) groups is 2. The number of hydrogen-bond donors (Lipinski definition) is 3. The number of anilines is 2. The molecule has 0 unspecified atom stereocenters. The molecule has 0 aliphatic heterocycles. The largest absolute Gasteiger partial charge is 0.335 e. The highest BCUT2D eigenvalue weighted by Crippen LogP contribution is 2.20. The minimum Gasteiger partial charge on any atom is -0.335 e. The van der Waals surface area contributed by atoms with Gasteiger partial charge in [-0.2, -0.15) is 0 Å². The Morgan fingerprint density at radius 3 is 2.50 bits per heavy atom. The van der Waals surface area contributed by atoms with Gasteiger partial charge in [0.1, 0.15) is 0 Å². The first-order valence-electron chi connectivity index (χ1n) is 6.94. The van der Waals surface area contributed by atoms with Crippen LogP contribution in [0.15, 0.2) is 18.2 Å². The molecule has 1 aromatic rings. The summed E-state index contributed by atoms with van der Waals surface area (Å²) in [6, 6.07) is 5.34. The number of aryl methyl sites for hydroxylation is 1.